The SMILES string of the molecule is Cc1ccc(-c2nnc(SC(C)C(=O)C34CC5CC(CC(C5)C3)C4)o2)cc1. The lowest BCUT2D eigenvalue weighted by Gasteiger charge is -2.56. The first-order chi connectivity index (χ1) is 13.0. The highest BCUT2D eigenvalue weighted by molar-refractivity contribution is 8.00. The quantitative estimate of drug-likeness (QED) is 0.656. The van der Waals surface area contributed by atoms with E-state index in [1.807, 2.05) is 31.2 Å². The average molecular weight is 383 g/mol. The number of ketones is 1. The van der Waals surface area contributed by atoms with E-state index in [4.69, 9.17) is 4.42 Å². The molecule has 1 unspecified atom stereocenters. The predicted octanol–water partition coefficient (Wildman–Crippen LogP) is 5.31. The molecule has 4 aliphatic rings. The number of rotatable bonds is 5. The molecule has 0 saturated heterocycles. The van der Waals surface area contributed by atoms with Gasteiger partial charge in [-0.2, -0.15) is 0 Å². The number of hydrogen-bond donors (Lipinski definition) is 0. The van der Waals surface area contributed by atoms with Gasteiger partial charge < -0.3 is 4.42 Å². The fraction of sp³-hybridized carbons (Fsp3) is 0.591. The van der Waals surface area contributed by atoms with E-state index in [0.29, 0.717) is 16.9 Å². The zero-order valence-corrected chi connectivity index (χ0v) is 16.8. The number of aromatic nitrogens is 2. The van der Waals surface area contributed by atoms with Crippen molar-refractivity contribution in [2.24, 2.45) is 23.2 Å². The van der Waals surface area contributed by atoms with Gasteiger partial charge in [-0.3, -0.25) is 4.79 Å². The van der Waals surface area contributed by atoms with Crippen molar-refractivity contribution in [3.63, 3.8) is 0 Å². The average Bonchev–Trinajstić information content (AvgIpc) is 3.09. The summed E-state index contributed by atoms with van der Waals surface area (Å²) in [4.78, 5) is 13.4. The summed E-state index contributed by atoms with van der Waals surface area (Å²) in [5.41, 5.74) is 2.05. The maximum atomic E-state index is 13.4. The van der Waals surface area contributed by atoms with E-state index in [2.05, 4.69) is 17.1 Å². The number of Topliss-reactive ketones (excluding diaryl/α,β-unsaturated/α-hetero) is 1. The standard InChI is InChI=1S/C22H26N2O2S/c1-13-3-5-18(6-4-13)20-23-24-21(26-20)27-14(2)19(25)22-10-15-7-16(11-22)9-17(8-15)12-22/h3-6,14-17H,7-12H2,1-2H3. The highest BCUT2D eigenvalue weighted by atomic mass is 32.2. The minimum Gasteiger partial charge on any atom is -0.411 e. The molecule has 0 spiro atoms. The van der Waals surface area contributed by atoms with Gasteiger partial charge in [0.1, 0.15) is 0 Å². The summed E-state index contributed by atoms with van der Waals surface area (Å²) in [7, 11) is 0. The van der Waals surface area contributed by atoms with Crippen molar-refractivity contribution >= 4 is 17.5 Å². The van der Waals surface area contributed by atoms with Gasteiger partial charge in [0, 0.05) is 11.0 Å². The van der Waals surface area contributed by atoms with Crippen molar-refractivity contribution in [2.75, 3.05) is 0 Å². The van der Waals surface area contributed by atoms with Crippen molar-refractivity contribution in [3.8, 4) is 11.5 Å². The van der Waals surface area contributed by atoms with Crippen LogP contribution < -0.4 is 0 Å². The van der Waals surface area contributed by atoms with Crippen LogP contribution in [0.25, 0.3) is 11.5 Å². The summed E-state index contributed by atoms with van der Waals surface area (Å²) >= 11 is 1.43. The van der Waals surface area contributed by atoms with Crippen LogP contribution in [0, 0.1) is 30.1 Å². The fourth-order valence-corrected chi connectivity index (χ4v) is 6.99. The fourth-order valence-electron chi connectivity index (χ4n) is 6.12. The molecule has 6 rings (SSSR count). The second-order valence-corrected chi connectivity index (χ2v) is 10.4. The molecular weight excluding hydrogens is 356 g/mol. The molecule has 1 aromatic carbocycles. The maximum Gasteiger partial charge on any atom is 0.277 e. The van der Waals surface area contributed by atoms with Gasteiger partial charge in [-0.05, 0) is 82.3 Å². The molecule has 142 valence electrons. The molecular formula is C22H26N2O2S. The van der Waals surface area contributed by atoms with Crippen LogP contribution in [0.1, 0.15) is 51.0 Å². The van der Waals surface area contributed by atoms with Crippen LogP contribution in [-0.4, -0.2) is 21.2 Å². The molecule has 0 aliphatic heterocycles. The molecule has 0 amide bonds. The minimum absolute atomic E-state index is 0.0685. The summed E-state index contributed by atoms with van der Waals surface area (Å²) in [5, 5.41) is 8.71. The lowest BCUT2D eigenvalue weighted by atomic mass is 9.48. The Balaban J connectivity index is 1.30. The molecule has 4 nitrogen and oxygen atoms in total. The molecule has 1 heterocycles. The van der Waals surface area contributed by atoms with Crippen molar-refractivity contribution < 1.29 is 9.21 Å². The molecule has 2 aromatic rings. The number of nitrogens with zero attached hydrogens (tertiary/aromatic N) is 2. The molecule has 4 bridgehead atoms. The Morgan fingerprint density at radius 1 is 1.07 bits per heavy atom. The third-order valence-electron chi connectivity index (χ3n) is 6.91. The van der Waals surface area contributed by atoms with Gasteiger partial charge in [-0.1, -0.05) is 29.5 Å². The Kier molecular flexibility index (Phi) is 4.19. The Bertz CT molecular complexity index is 822. The Morgan fingerprint density at radius 2 is 1.67 bits per heavy atom. The zero-order chi connectivity index (χ0) is 18.6. The van der Waals surface area contributed by atoms with Crippen molar-refractivity contribution in [3.05, 3.63) is 29.8 Å². The number of benzene rings is 1. The zero-order valence-electron chi connectivity index (χ0n) is 16.0. The van der Waals surface area contributed by atoms with Crippen LogP contribution in [0.3, 0.4) is 0 Å². The first kappa shape index (κ1) is 17.5. The summed E-state index contributed by atoms with van der Waals surface area (Å²) in [6, 6.07) is 8.04. The molecule has 1 aromatic heterocycles. The van der Waals surface area contributed by atoms with Gasteiger partial charge >= 0.3 is 0 Å². The second-order valence-electron chi connectivity index (χ2n) is 9.06. The molecule has 4 saturated carbocycles. The van der Waals surface area contributed by atoms with E-state index in [1.54, 1.807) is 0 Å². The number of hydrogen-bond acceptors (Lipinski definition) is 5. The van der Waals surface area contributed by atoms with Crippen molar-refractivity contribution in [1.82, 2.24) is 10.2 Å². The lowest BCUT2D eigenvalue weighted by Crippen LogP contribution is -2.51. The molecule has 4 fully saturated rings. The number of carbonyl (C=O) groups excluding carboxylic acids is 1. The number of aryl methyl sites for hydroxylation is 1. The van der Waals surface area contributed by atoms with Gasteiger partial charge in [0.2, 0.25) is 5.89 Å². The number of thioether (sulfide) groups is 1. The van der Waals surface area contributed by atoms with Crippen LogP contribution in [-0.2, 0) is 4.79 Å². The Hall–Kier alpha value is -1.62. The van der Waals surface area contributed by atoms with E-state index in [-0.39, 0.29) is 10.7 Å². The second kappa shape index (κ2) is 6.47. The summed E-state index contributed by atoms with van der Waals surface area (Å²) in [6.45, 7) is 4.07. The molecule has 1 atom stereocenters. The first-order valence-electron chi connectivity index (χ1n) is 10.1. The van der Waals surface area contributed by atoms with Crippen LogP contribution in [0.4, 0.5) is 0 Å². The highest BCUT2D eigenvalue weighted by Crippen LogP contribution is 2.61. The van der Waals surface area contributed by atoms with Crippen molar-refractivity contribution in [1.29, 1.82) is 0 Å². The molecule has 5 heteroatoms. The number of carbonyl (C=O) groups is 1. The Labute approximate surface area is 164 Å². The van der Waals surface area contributed by atoms with E-state index < -0.39 is 0 Å². The summed E-state index contributed by atoms with van der Waals surface area (Å²) in [5.74, 6) is 3.30. The summed E-state index contributed by atoms with van der Waals surface area (Å²) < 4.78 is 5.84. The van der Waals surface area contributed by atoms with Crippen LogP contribution in [0.15, 0.2) is 33.9 Å². The van der Waals surface area contributed by atoms with Crippen LogP contribution >= 0.6 is 11.8 Å². The molecule has 4 aliphatic carbocycles. The topological polar surface area (TPSA) is 56.0 Å². The summed E-state index contributed by atoms with van der Waals surface area (Å²) in [6.07, 6.45) is 7.41. The normalized spacial score (nSPS) is 32.6. The molecule has 0 N–H and O–H groups in total. The largest absolute Gasteiger partial charge is 0.411 e. The van der Waals surface area contributed by atoms with Gasteiger partial charge in [0.25, 0.3) is 5.22 Å². The van der Waals surface area contributed by atoms with Gasteiger partial charge in [-0.15, -0.1) is 10.2 Å². The maximum absolute atomic E-state index is 13.4. The molecule has 0 radical (unpaired) electrons. The first-order valence-corrected chi connectivity index (χ1v) is 11.0. The van der Waals surface area contributed by atoms with E-state index >= 15 is 0 Å². The predicted molar refractivity (Wildman–Crippen MR) is 105 cm³/mol. The van der Waals surface area contributed by atoms with E-state index in [1.165, 1.54) is 36.6 Å². The van der Waals surface area contributed by atoms with Crippen LogP contribution in [0.2, 0.25) is 0 Å². The van der Waals surface area contributed by atoms with Gasteiger partial charge in [-0.25, -0.2) is 0 Å². The van der Waals surface area contributed by atoms with Crippen molar-refractivity contribution in [2.45, 2.75) is 62.8 Å². The van der Waals surface area contributed by atoms with E-state index in [0.717, 1.165) is 42.6 Å². The molecule has 27 heavy (non-hydrogen) atoms. The van der Waals surface area contributed by atoms with Crippen LogP contribution in [0.5, 0.6) is 0 Å². The third-order valence-corrected chi connectivity index (χ3v) is 7.85. The highest BCUT2D eigenvalue weighted by Gasteiger charge is 2.55. The smallest absolute Gasteiger partial charge is 0.277 e. The Morgan fingerprint density at radius 3 is 2.26 bits per heavy atom. The lowest BCUT2D eigenvalue weighted by molar-refractivity contribution is -0.143. The third kappa shape index (κ3) is 3.14. The monoisotopic (exact) mass is 382 g/mol. The van der Waals surface area contributed by atoms with E-state index in [9.17, 15) is 4.79 Å². The minimum atomic E-state index is -0.132. The van der Waals surface area contributed by atoms with Gasteiger partial charge in [0.15, 0.2) is 5.78 Å². The van der Waals surface area contributed by atoms with Gasteiger partial charge in [0.05, 0.1) is 5.25 Å².